The van der Waals surface area contributed by atoms with Crippen LogP contribution in [0, 0.1) is 5.82 Å². The fourth-order valence-corrected chi connectivity index (χ4v) is 2.19. The molecule has 6 heteroatoms. The van der Waals surface area contributed by atoms with Gasteiger partial charge < -0.3 is 0 Å². The Morgan fingerprint density at radius 2 is 2.33 bits per heavy atom. The van der Waals surface area contributed by atoms with Crippen LogP contribution in [-0.4, -0.2) is 9.78 Å². The van der Waals surface area contributed by atoms with Gasteiger partial charge in [0.1, 0.15) is 5.82 Å². The van der Waals surface area contributed by atoms with Gasteiger partial charge in [-0.3, -0.25) is 10.5 Å². The Labute approximate surface area is 113 Å². The Morgan fingerprint density at radius 1 is 1.56 bits per heavy atom. The molecule has 0 spiro atoms. The van der Waals surface area contributed by atoms with Gasteiger partial charge in [-0.2, -0.15) is 5.10 Å². The summed E-state index contributed by atoms with van der Waals surface area (Å²) in [6, 6.07) is 4.72. The van der Waals surface area contributed by atoms with Crippen molar-refractivity contribution in [1.82, 2.24) is 15.2 Å². The van der Waals surface area contributed by atoms with Gasteiger partial charge in [-0.1, -0.05) is 12.1 Å². The molecule has 1 atom stereocenters. The molecule has 0 fully saturated rings. The van der Waals surface area contributed by atoms with E-state index in [0.29, 0.717) is 10.0 Å². The maximum Gasteiger partial charge on any atom is 0.142 e. The van der Waals surface area contributed by atoms with Crippen molar-refractivity contribution in [3.8, 4) is 0 Å². The van der Waals surface area contributed by atoms with Gasteiger partial charge in [-0.25, -0.2) is 9.82 Å². The zero-order valence-electron chi connectivity index (χ0n) is 9.90. The molecule has 0 saturated heterocycles. The average molecular weight is 313 g/mol. The zero-order chi connectivity index (χ0) is 13.1. The molecule has 0 saturated carbocycles. The number of hydrogen-bond acceptors (Lipinski definition) is 3. The van der Waals surface area contributed by atoms with Crippen molar-refractivity contribution >= 4 is 15.9 Å². The van der Waals surface area contributed by atoms with Gasteiger partial charge in [0, 0.05) is 23.9 Å². The summed E-state index contributed by atoms with van der Waals surface area (Å²) in [5, 5.41) is 4.17. The molecule has 0 aliphatic heterocycles. The van der Waals surface area contributed by atoms with Gasteiger partial charge >= 0.3 is 0 Å². The SMILES string of the molecule is CCn1cc(C(NN)c2cccc(Br)c2F)cn1. The van der Waals surface area contributed by atoms with E-state index in [2.05, 4.69) is 26.5 Å². The fourth-order valence-electron chi connectivity index (χ4n) is 1.81. The second-order valence-corrected chi connectivity index (χ2v) is 4.73. The minimum Gasteiger partial charge on any atom is -0.273 e. The van der Waals surface area contributed by atoms with E-state index in [9.17, 15) is 4.39 Å². The van der Waals surface area contributed by atoms with E-state index in [1.165, 1.54) is 0 Å². The number of nitrogens with one attached hydrogen (secondary N) is 1. The number of benzene rings is 1. The highest BCUT2D eigenvalue weighted by Crippen LogP contribution is 2.27. The van der Waals surface area contributed by atoms with Gasteiger partial charge in [-0.15, -0.1) is 0 Å². The molecular formula is C12H14BrFN4. The highest BCUT2D eigenvalue weighted by Gasteiger charge is 2.19. The lowest BCUT2D eigenvalue weighted by molar-refractivity contribution is 0.555. The Bertz CT molecular complexity index is 541. The Kier molecular flexibility index (Phi) is 4.11. The largest absolute Gasteiger partial charge is 0.273 e. The summed E-state index contributed by atoms with van der Waals surface area (Å²) in [6.07, 6.45) is 3.54. The summed E-state index contributed by atoms with van der Waals surface area (Å²) >= 11 is 3.17. The number of hydrogen-bond donors (Lipinski definition) is 2. The van der Waals surface area contributed by atoms with Crippen molar-refractivity contribution in [2.75, 3.05) is 0 Å². The van der Waals surface area contributed by atoms with Crippen LogP contribution in [0.3, 0.4) is 0 Å². The normalized spacial score (nSPS) is 12.7. The summed E-state index contributed by atoms with van der Waals surface area (Å²) in [5.41, 5.74) is 3.94. The van der Waals surface area contributed by atoms with E-state index in [-0.39, 0.29) is 5.82 Å². The minimum absolute atomic E-state index is 0.315. The number of rotatable bonds is 4. The van der Waals surface area contributed by atoms with Gasteiger partial charge in [0.15, 0.2) is 0 Å². The van der Waals surface area contributed by atoms with Crippen LogP contribution in [0.4, 0.5) is 4.39 Å². The van der Waals surface area contributed by atoms with Crippen molar-refractivity contribution in [2.45, 2.75) is 19.5 Å². The second-order valence-electron chi connectivity index (χ2n) is 3.87. The lowest BCUT2D eigenvalue weighted by atomic mass is 10.0. The molecule has 0 amide bonds. The van der Waals surface area contributed by atoms with Crippen LogP contribution >= 0.6 is 15.9 Å². The maximum absolute atomic E-state index is 14.0. The third kappa shape index (κ3) is 2.45. The van der Waals surface area contributed by atoms with E-state index >= 15 is 0 Å². The Hall–Kier alpha value is -1.24. The lowest BCUT2D eigenvalue weighted by Gasteiger charge is -2.16. The molecule has 1 heterocycles. The lowest BCUT2D eigenvalue weighted by Crippen LogP contribution is -2.29. The predicted octanol–water partition coefficient (Wildman–Crippen LogP) is 2.36. The van der Waals surface area contributed by atoms with Crippen LogP contribution in [0.5, 0.6) is 0 Å². The van der Waals surface area contributed by atoms with Gasteiger partial charge in [0.05, 0.1) is 16.7 Å². The van der Waals surface area contributed by atoms with Crippen molar-refractivity contribution < 1.29 is 4.39 Å². The number of aromatic nitrogens is 2. The van der Waals surface area contributed by atoms with Gasteiger partial charge in [-0.05, 0) is 28.9 Å². The highest BCUT2D eigenvalue weighted by molar-refractivity contribution is 9.10. The van der Waals surface area contributed by atoms with E-state index in [4.69, 9.17) is 5.84 Å². The van der Waals surface area contributed by atoms with Crippen LogP contribution in [0.1, 0.15) is 24.1 Å². The summed E-state index contributed by atoms with van der Waals surface area (Å²) in [4.78, 5) is 0. The number of aryl methyl sites for hydroxylation is 1. The number of hydrazine groups is 1. The smallest absolute Gasteiger partial charge is 0.142 e. The minimum atomic E-state index is -0.414. The average Bonchev–Trinajstić information content (AvgIpc) is 2.84. The van der Waals surface area contributed by atoms with Crippen LogP contribution in [-0.2, 0) is 6.54 Å². The van der Waals surface area contributed by atoms with E-state index in [0.717, 1.165) is 12.1 Å². The van der Waals surface area contributed by atoms with Crippen LogP contribution < -0.4 is 11.3 Å². The molecule has 4 nitrogen and oxygen atoms in total. The van der Waals surface area contributed by atoms with E-state index in [1.807, 2.05) is 13.1 Å². The number of halogens is 2. The van der Waals surface area contributed by atoms with Crippen molar-refractivity contribution in [1.29, 1.82) is 0 Å². The van der Waals surface area contributed by atoms with Gasteiger partial charge in [0.25, 0.3) is 0 Å². The zero-order valence-corrected chi connectivity index (χ0v) is 11.5. The highest BCUT2D eigenvalue weighted by atomic mass is 79.9. The molecule has 1 aromatic heterocycles. The number of nitrogens with zero attached hydrogens (tertiary/aromatic N) is 2. The molecule has 0 aliphatic carbocycles. The molecule has 18 heavy (non-hydrogen) atoms. The molecule has 2 aromatic rings. The topological polar surface area (TPSA) is 55.9 Å². The third-order valence-electron chi connectivity index (χ3n) is 2.77. The molecule has 3 N–H and O–H groups in total. The molecule has 0 aliphatic rings. The van der Waals surface area contributed by atoms with Crippen molar-refractivity contribution in [3.63, 3.8) is 0 Å². The number of nitrogens with two attached hydrogens (primary N) is 1. The molecule has 0 bridgehead atoms. The first kappa shape index (κ1) is 13.2. The first-order valence-corrected chi connectivity index (χ1v) is 6.39. The summed E-state index contributed by atoms with van der Waals surface area (Å²) in [5.74, 6) is 5.22. The quantitative estimate of drug-likeness (QED) is 0.673. The third-order valence-corrected chi connectivity index (χ3v) is 3.38. The standard InChI is InChI=1S/C12H14BrFN4/c1-2-18-7-8(6-16-18)12(17-15)9-4-3-5-10(13)11(9)14/h3-7,12,17H,2,15H2,1H3. The molecule has 96 valence electrons. The first-order chi connectivity index (χ1) is 8.67. The maximum atomic E-state index is 14.0. The molecule has 1 unspecified atom stereocenters. The van der Waals surface area contributed by atoms with E-state index in [1.54, 1.807) is 29.1 Å². The van der Waals surface area contributed by atoms with Gasteiger partial charge in [0.2, 0.25) is 0 Å². The van der Waals surface area contributed by atoms with Crippen LogP contribution in [0.2, 0.25) is 0 Å². The van der Waals surface area contributed by atoms with Crippen molar-refractivity contribution in [3.05, 3.63) is 52.0 Å². The first-order valence-electron chi connectivity index (χ1n) is 5.59. The monoisotopic (exact) mass is 312 g/mol. The van der Waals surface area contributed by atoms with Crippen molar-refractivity contribution in [2.24, 2.45) is 5.84 Å². The molecular weight excluding hydrogens is 299 g/mol. The Morgan fingerprint density at radius 3 is 2.94 bits per heavy atom. The van der Waals surface area contributed by atoms with E-state index < -0.39 is 6.04 Å². The molecule has 0 radical (unpaired) electrons. The Balaban J connectivity index is 2.41. The summed E-state index contributed by atoms with van der Waals surface area (Å²) in [7, 11) is 0. The summed E-state index contributed by atoms with van der Waals surface area (Å²) in [6.45, 7) is 2.75. The fraction of sp³-hybridized carbons (Fsp3) is 0.250. The van der Waals surface area contributed by atoms with Crippen LogP contribution in [0.25, 0.3) is 0 Å². The summed E-state index contributed by atoms with van der Waals surface area (Å²) < 4.78 is 16.2. The second kappa shape index (κ2) is 5.60. The predicted molar refractivity (Wildman–Crippen MR) is 71.2 cm³/mol. The van der Waals surface area contributed by atoms with Crippen LogP contribution in [0.15, 0.2) is 35.1 Å². The molecule has 2 rings (SSSR count). The molecule has 1 aromatic carbocycles.